The zero-order chi connectivity index (χ0) is 17.5. The number of nitrogens with one attached hydrogen (secondary N) is 1. The number of carbonyl (C=O) groups excluding carboxylic acids is 3. The molecule has 126 valence electrons. The van der Waals surface area contributed by atoms with Crippen molar-refractivity contribution in [3.05, 3.63) is 41.8 Å². The van der Waals surface area contributed by atoms with Gasteiger partial charge in [-0.3, -0.25) is 9.59 Å². The topological polar surface area (TPSA) is 108 Å². The molecule has 0 radical (unpaired) electrons. The largest absolute Gasteiger partial charge is 0.468 e. The summed E-state index contributed by atoms with van der Waals surface area (Å²) in [4.78, 5) is 38.5. The average Bonchev–Trinajstić information content (AvgIpc) is 3.00. The number of hydrogen-bond acceptors (Lipinski definition) is 7. The Kier molecular flexibility index (Phi) is 5.67. The molecule has 0 unspecified atom stereocenters. The predicted molar refractivity (Wildman–Crippen MR) is 82.0 cm³/mol. The Morgan fingerprint density at radius 1 is 1.21 bits per heavy atom. The summed E-state index contributed by atoms with van der Waals surface area (Å²) in [6, 6.07) is 9.07. The van der Waals surface area contributed by atoms with Gasteiger partial charge in [-0.2, -0.15) is 0 Å². The van der Waals surface area contributed by atoms with Crippen LogP contribution in [-0.2, 0) is 19.1 Å². The van der Waals surface area contributed by atoms with Crippen molar-refractivity contribution in [3.8, 4) is 11.5 Å². The van der Waals surface area contributed by atoms with Crippen LogP contribution in [0.2, 0.25) is 0 Å². The van der Waals surface area contributed by atoms with E-state index in [-0.39, 0.29) is 23.9 Å². The predicted octanol–water partition coefficient (Wildman–Crippen LogP) is 1.10. The van der Waals surface area contributed by atoms with Crippen LogP contribution in [-0.4, -0.2) is 43.1 Å². The fraction of sp³-hybridized carbons (Fsp3) is 0.250. The number of nitrogens with zero attached hydrogens (tertiary/aromatic N) is 1. The standard InChI is InChI=1S/C16H16N2O6/c1-10-14(18-15(24-10)11-6-4-3-5-7-11)16(21)23-9-12(19)17-8-13(20)22-2/h3-7H,8-9H2,1-2H3,(H,17,19). The average molecular weight is 332 g/mol. The van der Waals surface area contributed by atoms with Crippen molar-refractivity contribution in [1.82, 2.24) is 10.3 Å². The molecule has 1 aromatic heterocycles. The van der Waals surface area contributed by atoms with Gasteiger partial charge in [0, 0.05) is 5.56 Å². The third kappa shape index (κ3) is 4.42. The summed E-state index contributed by atoms with van der Waals surface area (Å²) in [5.41, 5.74) is 0.713. The van der Waals surface area contributed by atoms with Gasteiger partial charge in [-0.05, 0) is 19.1 Å². The summed E-state index contributed by atoms with van der Waals surface area (Å²) >= 11 is 0. The summed E-state index contributed by atoms with van der Waals surface area (Å²) in [7, 11) is 1.20. The van der Waals surface area contributed by atoms with Gasteiger partial charge in [-0.15, -0.1) is 0 Å². The maximum absolute atomic E-state index is 12.0. The van der Waals surface area contributed by atoms with Gasteiger partial charge < -0.3 is 19.2 Å². The molecule has 1 N–H and O–H groups in total. The monoisotopic (exact) mass is 332 g/mol. The van der Waals surface area contributed by atoms with Gasteiger partial charge in [0.25, 0.3) is 5.91 Å². The van der Waals surface area contributed by atoms with E-state index < -0.39 is 24.5 Å². The summed E-state index contributed by atoms with van der Waals surface area (Å²) in [6.45, 7) is 0.740. The van der Waals surface area contributed by atoms with Crippen LogP contribution in [0.5, 0.6) is 0 Å². The van der Waals surface area contributed by atoms with Crippen LogP contribution in [0.25, 0.3) is 11.5 Å². The van der Waals surface area contributed by atoms with Gasteiger partial charge in [0.2, 0.25) is 5.89 Å². The minimum atomic E-state index is -0.786. The summed E-state index contributed by atoms with van der Waals surface area (Å²) in [5.74, 6) is -1.44. The second kappa shape index (κ2) is 7.91. The number of amides is 1. The number of esters is 2. The van der Waals surface area contributed by atoms with Crippen molar-refractivity contribution in [2.45, 2.75) is 6.92 Å². The quantitative estimate of drug-likeness (QED) is 0.789. The fourth-order valence-electron chi connectivity index (χ4n) is 1.78. The lowest BCUT2D eigenvalue weighted by molar-refractivity contribution is -0.141. The van der Waals surface area contributed by atoms with E-state index in [1.54, 1.807) is 19.1 Å². The molecule has 1 heterocycles. The molecule has 0 bridgehead atoms. The lowest BCUT2D eigenvalue weighted by Gasteiger charge is -2.04. The maximum atomic E-state index is 12.0. The second-order valence-electron chi connectivity index (χ2n) is 4.72. The molecule has 0 spiro atoms. The van der Waals surface area contributed by atoms with Gasteiger partial charge in [0.15, 0.2) is 12.3 Å². The van der Waals surface area contributed by atoms with E-state index >= 15 is 0 Å². The number of ether oxygens (including phenoxy) is 2. The molecular formula is C16H16N2O6. The first-order chi connectivity index (χ1) is 11.5. The van der Waals surface area contributed by atoms with Crippen LogP contribution < -0.4 is 5.32 Å². The molecule has 0 atom stereocenters. The Morgan fingerprint density at radius 2 is 1.92 bits per heavy atom. The van der Waals surface area contributed by atoms with Crippen molar-refractivity contribution in [2.75, 3.05) is 20.3 Å². The number of hydrogen-bond donors (Lipinski definition) is 1. The normalized spacial score (nSPS) is 10.1. The van der Waals surface area contributed by atoms with E-state index in [1.807, 2.05) is 18.2 Å². The molecule has 24 heavy (non-hydrogen) atoms. The summed E-state index contributed by atoms with van der Waals surface area (Å²) in [5, 5.41) is 2.25. The number of benzene rings is 1. The van der Waals surface area contributed by atoms with E-state index in [9.17, 15) is 14.4 Å². The van der Waals surface area contributed by atoms with Crippen LogP contribution in [0, 0.1) is 6.92 Å². The molecule has 1 aromatic carbocycles. The van der Waals surface area contributed by atoms with Gasteiger partial charge in [-0.25, -0.2) is 9.78 Å². The molecule has 8 heteroatoms. The molecule has 0 fully saturated rings. The number of rotatable bonds is 6. The van der Waals surface area contributed by atoms with E-state index in [0.29, 0.717) is 0 Å². The Balaban J connectivity index is 1.94. The number of aromatic nitrogens is 1. The van der Waals surface area contributed by atoms with Crippen molar-refractivity contribution in [3.63, 3.8) is 0 Å². The highest BCUT2D eigenvalue weighted by atomic mass is 16.5. The zero-order valence-electron chi connectivity index (χ0n) is 13.2. The summed E-state index contributed by atoms with van der Waals surface area (Å²) in [6.07, 6.45) is 0. The number of oxazole rings is 1. The molecular weight excluding hydrogens is 316 g/mol. The minimum Gasteiger partial charge on any atom is -0.468 e. The maximum Gasteiger partial charge on any atom is 0.361 e. The SMILES string of the molecule is COC(=O)CNC(=O)COC(=O)c1nc(-c2ccccc2)oc1C. The first-order valence-corrected chi connectivity index (χ1v) is 7.04. The van der Waals surface area contributed by atoms with Crippen LogP contribution in [0.1, 0.15) is 16.2 Å². The number of carbonyl (C=O) groups is 3. The first-order valence-electron chi connectivity index (χ1n) is 7.04. The van der Waals surface area contributed by atoms with Crippen molar-refractivity contribution in [1.29, 1.82) is 0 Å². The Labute approximate surface area is 137 Å². The molecule has 1 amide bonds. The number of aryl methyl sites for hydroxylation is 1. The highest BCUT2D eigenvalue weighted by Gasteiger charge is 2.20. The third-order valence-electron chi connectivity index (χ3n) is 3.00. The Morgan fingerprint density at radius 3 is 2.58 bits per heavy atom. The van der Waals surface area contributed by atoms with E-state index in [1.165, 1.54) is 7.11 Å². The van der Waals surface area contributed by atoms with Crippen LogP contribution in [0.3, 0.4) is 0 Å². The Hall–Kier alpha value is -3.16. The zero-order valence-corrected chi connectivity index (χ0v) is 13.2. The molecule has 8 nitrogen and oxygen atoms in total. The van der Waals surface area contributed by atoms with E-state index in [0.717, 1.165) is 5.56 Å². The van der Waals surface area contributed by atoms with Crippen LogP contribution in [0.4, 0.5) is 0 Å². The van der Waals surface area contributed by atoms with Gasteiger partial charge in [0.05, 0.1) is 7.11 Å². The molecule has 0 saturated carbocycles. The summed E-state index contributed by atoms with van der Waals surface area (Å²) < 4.78 is 14.7. The van der Waals surface area contributed by atoms with E-state index in [4.69, 9.17) is 9.15 Å². The minimum absolute atomic E-state index is 0.00498. The fourth-order valence-corrected chi connectivity index (χ4v) is 1.78. The highest BCUT2D eigenvalue weighted by molar-refractivity contribution is 5.91. The van der Waals surface area contributed by atoms with Crippen LogP contribution in [0.15, 0.2) is 34.7 Å². The molecule has 0 aliphatic heterocycles. The molecule has 0 saturated heterocycles. The van der Waals surface area contributed by atoms with Crippen molar-refractivity contribution in [2.24, 2.45) is 0 Å². The smallest absolute Gasteiger partial charge is 0.361 e. The molecule has 2 rings (SSSR count). The first kappa shape index (κ1) is 17.2. The van der Waals surface area contributed by atoms with Gasteiger partial charge >= 0.3 is 11.9 Å². The lowest BCUT2D eigenvalue weighted by atomic mass is 10.2. The molecule has 0 aliphatic carbocycles. The van der Waals surface area contributed by atoms with Gasteiger partial charge in [0.1, 0.15) is 12.3 Å². The third-order valence-corrected chi connectivity index (χ3v) is 3.00. The Bertz CT molecular complexity index is 738. The highest BCUT2D eigenvalue weighted by Crippen LogP contribution is 2.21. The second-order valence-corrected chi connectivity index (χ2v) is 4.72. The van der Waals surface area contributed by atoms with Gasteiger partial charge in [-0.1, -0.05) is 18.2 Å². The molecule has 2 aromatic rings. The van der Waals surface area contributed by atoms with Crippen molar-refractivity contribution >= 4 is 17.8 Å². The van der Waals surface area contributed by atoms with E-state index in [2.05, 4.69) is 15.0 Å². The van der Waals surface area contributed by atoms with Crippen molar-refractivity contribution < 1.29 is 28.3 Å². The molecule has 0 aliphatic rings. The van der Waals surface area contributed by atoms with Crippen LogP contribution >= 0.6 is 0 Å². The number of methoxy groups -OCH3 is 1. The lowest BCUT2D eigenvalue weighted by Crippen LogP contribution is -2.33.